The number of benzene rings is 3. The summed E-state index contributed by atoms with van der Waals surface area (Å²) in [7, 11) is 0. The van der Waals surface area contributed by atoms with E-state index in [0.29, 0.717) is 5.11 Å². The zero-order chi connectivity index (χ0) is 18.2. The smallest absolute Gasteiger partial charge is 0.171 e. The van der Waals surface area contributed by atoms with E-state index in [4.69, 9.17) is 12.2 Å². The Labute approximate surface area is 165 Å². The molecule has 2 N–H and O–H groups in total. The van der Waals surface area contributed by atoms with Crippen LogP contribution in [0.25, 0.3) is 0 Å². The molecule has 0 bridgehead atoms. The fourth-order valence-corrected chi connectivity index (χ4v) is 3.73. The molecule has 0 unspecified atom stereocenters. The van der Waals surface area contributed by atoms with Crippen LogP contribution in [0.5, 0.6) is 0 Å². The Morgan fingerprint density at radius 1 is 0.885 bits per heavy atom. The van der Waals surface area contributed by atoms with Gasteiger partial charge in [0.2, 0.25) is 0 Å². The first-order valence-electron chi connectivity index (χ1n) is 8.60. The monoisotopic (exact) mass is 378 g/mol. The van der Waals surface area contributed by atoms with Crippen molar-refractivity contribution in [2.45, 2.75) is 23.6 Å². The van der Waals surface area contributed by atoms with E-state index in [9.17, 15) is 0 Å². The molecule has 0 aliphatic heterocycles. The third kappa shape index (κ3) is 5.61. The van der Waals surface area contributed by atoms with Gasteiger partial charge in [0.25, 0.3) is 0 Å². The number of rotatable bonds is 6. The van der Waals surface area contributed by atoms with Gasteiger partial charge in [0.05, 0.1) is 6.04 Å². The molecule has 0 saturated carbocycles. The van der Waals surface area contributed by atoms with Crippen molar-refractivity contribution < 1.29 is 0 Å². The molecule has 3 rings (SSSR count). The van der Waals surface area contributed by atoms with Gasteiger partial charge < -0.3 is 10.6 Å². The molecular formula is C22H22N2S2. The van der Waals surface area contributed by atoms with E-state index in [1.807, 2.05) is 36.0 Å². The number of thioether (sulfide) groups is 1. The average molecular weight is 379 g/mol. The zero-order valence-corrected chi connectivity index (χ0v) is 16.3. The second kappa shape index (κ2) is 9.41. The molecule has 0 aliphatic rings. The molecule has 3 aromatic carbocycles. The normalized spacial score (nSPS) is 11.6. The van der Waals surface area contributed by atoms with Crippen molar-refractivity contribution in [3.63, 3.8) is 0 Å². The first kappa shape index (κ1) is 18.5. The van der Waals surface area contributed by atoms with Crippen LogP contribution < -0.4 is 10.6 Å². The highest BCUT2D eigenvalue weighted by Gasteiger charge is 2.06. The van der Waals surface area contributed by atoms with Gasteiger partial charge in [-0.05, 0) is 54.5 Å². The lowest BCUT2D eigenvalue weighted by Gasteiger charge is -2.17. The van der Waals surface area contributed by atoms with Crippen molar-refractivity contribution in [1.82, 2.24) is 5.32 Å². The summed E-state index contributed by atoms with van der Waals surface area (Å²) in [5, 5.41) is 7.21. The molecule has 0 amide bonds. The topological polar surface area (TPSA) is 24.1 Å². The van der Waals surface area contributed by atoms with E-state index in [1.165, 1.54) is 16.0 Å². The number of hydrogen-bond acceptors (Lipinski definition) is 2. The molecule has 0 aliphatic carbocycles. The number of nitrogens with one attached hydrogen (secondary N) is 2. The van der Waals surface area contributed by atoms with Crippen LogP contribution in [-0.4, -0.2) is 5.11 Å². The largest absolute Gasteiger partial charge is 0.356 e. The van der Waals surface area contributed by atoms with E-state index in [2.05, 4.69) is 78.2 Å². The van der Waals surface area contributed by atoms with Crippen molar-refractivity contribution in [3.8, 4) is 0 Å². The molecule has 2 nitrogen and oxygen atoms in total. The van der Waals surface area contributed by atoms with Gasteiger partial charge in [-0.3, -0.25) is 0 Å². The second-order valence-corrected chi connectivity index (χ2v) is 7.49. The van der Waals surface area contributed by atoms with Crippen molar-refractivity contribution in [1.29, 1.82) is 0 Å². The highest BCUT2D eigenvalue weighted by molar-refractivity contribution is 7.98. The van der Waals surface area contributed by atoms with E-state index in [1.54, 1.807) is 0 Å². The minimum atomic E-state index is 0.165. The average Bonchev–Trinajstić information content (AvgIpc) is 2.69. The third-order valence-electron chi connectivity index (χ3n) is 4.01. The van der Waals surface area contributed by atoms with Crippen molar-refractivity contribution in [3.05, 3.63) is 96.1 Å². The van der Waals surface area contributed by atoms with Crippen LogP contribution in [0.4, 0.5) is 5.69 Å². The van der Waals surface area contributed by atoms with Gasteiger partial charge in [-0.2, -0.15) is 0 Å². The predicted octanol–water partition coefficient (Wildman–Crippen LogP) is 6.03. The molecule has 26 heavy (non-hydrogen) atoms. The Bertz CT molecular complexity index is 818. The molecule has 0 spiro atoms. The number of hydrogen-bond donors (Lipinski definition) is 2. The Kier molecular flexibility index (Phi) is 6.69. The van der Waals surface area contributed by atoms with Crippen LogP contribution in [0.2, 0.25) is 0 Å². The van der Waals surface area contributed by atoms with Crippen LogP contribution in [0.3, 0.4) is 0 Å². The Balaban J connectivity index is 1.50. The van der Waals surface area contributed by atoms with E-state index >= 15 is 0 Å². The minimum absolute atomic E-state index is 0.165. The van der Waals surface area contributed by atoms with Gasteiger partial charge >= 0.3 is 0 Å². The van der Waals surface area contributed by atoms with Crippen LogP contribution in [0.15, 0.2) is 89.8 Å². The van der Waals surface area contributed by atoms with Gasteiger partial charge in [0, 0.05) is 16.3 Å². The van der Waals surface area contributed by atoms with E-state index in [-0.39, 0.29) is 6.04 Å². The van der Waals surface area contributed by atoms with Crippen LogP contribution in [-0.2, 0) is 5.75 Å². The highest BCUT2D eigenvalue weighted by atomic mass is 32.2. The predicted molar refractivity (Wildman–Crippen MR) is 117 cm³/mol. The second-order valence-electron chi connectivity index (χ2n) is 6.03. The molecule has 0 heterocycles. The minimum Gasteiger partial charge on any atom is -0.356 e. The Morgan fingerprint density at radius 3 is 2.15 bits per heavy atom. The van der Waals surface area contributed by atoms with Gasteiger partial charge in [0.15, 0.2) is 5.11 Å². The lowest BCUT2D eigenvalue weighted by Crippen LogP contribution is -2.30. The lowest BCUT2D eigenvalue weighted by molar-refractivity contribution is 0.722. The van der Waals surface area contributed by atoms with Gasteiger partial charge in [-0.1, -0.05) is 60.7 Å². The standard InChI is InChI=1S/C22H22N2S2/c1-17(19-8-4-2-5-9-19)23-22(25)24-20-14-12-18(13-15-20)16-26-21-10-6-3-7-11-21/h2-15,17H,16H2,1H3,(H2,23,24,25)/t17-/m0/s1. The molecule has 0 fully saturated rings. The first-order chi connectivity index (χ1) is 12.7. The SMILES string of the molecule is C[C@H](NC(=S)Nc1ccc(CSc2ccccc2)cc1)c1ccccc1. The maximum atomic E-state index is 5.43. The Hall–Kier alpha value is -2.30. The summed E-state index contributed by atoms with van der Waals surface area (Å²) >= 11 is 7.27. The summed E-state index contributed by atoms with van der Waals surface area (Å²) in [4.78, 5) is 1.29. The molecule has 0 saturated heterocycles. The van der Waals surface area contributed by atoms with Crippen LogP contribution >= 0.6 is 24.0 Å². The maximum Gasteiger partial charge on any atom is 0.171 e. The van der Waals surface area contributed by atoms with Crippen molar-refractivity contribution in [2.75, 3.05) is 5.32 Å². The van der Waals surface area contributed by atoms with Gasteiger partial charge in [0.1, 0.15) is 0 Å². The van der Waals surface area contributed by atoms with E-state index < -0.39 is 0 Å². The molecule has 0 aromatic heterocycles. The van der Waals surface area contributed by atoms with Gasteiger partial charge in [-0.25, -0.2) is 0 Å². The number of thiocarbonyl (C=S) groups is 1. The summed E-state index contributed by atoms with van der Waals surface area (Å²) in [6, 6.07) is 29.3. The quantitative estimate of drug-likeness (QED) is 0.404. The van der Waals surface area contributed by atoms with E-state index in [0.717, 1.165) is 11.4 Å². The maximum absolute atomic E-state index is 5.43. The molecule has 3 aromatic rings. The van der Waals surface area contributed by atoms with Crippen LogP contribution in [0.1, 0.15) is 24.1 Å². The highest BCUT2D eigenvalue weighted by Crippen LogP contribution is 2.23. The molecular weight excluding hydrogens is 356 g/mol. The fraction of sp³-hybridized carbons (Fsp3) is 0.136. The fourth-order valence-electron chi connectivity index (χ4n) is 2.56. The summed E-state index contributed by atoms with van der Waals surface area (Å²) in [5.41, 5.74) is 3.50. The Morgan fingerprint density at radius 2 is 1.50 bits per heavy atom. The molecule has 132 valence electrons. The molecule has 1 atom stereocenters. The number of anilines is 1. The summed E-state index contributed by atoms with van der Waals surface area (Å²) in [6.45, 7) is 2.10. The summed E-state index contributed by atoms with van der Waals surface area (Å²) in [6.07, 6.45) is 0. The molecule has 4 heteroatoms. The van der Waals surface area contributed by atoms with Crippen molar-refractivity contribution >= 4 is 34.8 Å². The summed E-state index contributed by atoms with van der Waals surface area (Å²) < 4.78 is 0. The van der Waals surface area contributed by atoms with Crippen molar-refractivity contribution in [2.24, 2.45) is 0 Å². The summed E-state index contributed by atoms with van der Waals surface area (Å²) in [5.74, 6) is 0.956. The zero-order valence-electron chi connectivity index (χ0n) is 14.7. The third-order valence-corrected chi connectivity index (χ3v) is 5.31. The molecule has 0 radical (unpaired) electrons. The van der Waals surface area contributed by atoms with Gasteiger partial charge in [-0.15, -0.1) is 11.8 Å². The first-order valence-corrected chi connectivity index (χ1v) is 9.99. The lowest BCUT2D eigenvalue weighted by atomic mass is 10.1. The van der Waals surface area contributed by atoms with Crippen LogP contribution in [0, 0.1) is 0 Å².